The molecular weight excluding hydrogens is 370 g/mol. The molecule has 9 heteroatoms. The first kappa shape index (κ1) is 20.3. The summed E-state index contributed by atoms with van der Waals surface area (Å²) in [5.41, 5.74) is 3.74. The molecule has 2 bridgehead atoms. The zero-order valence-electron chi connectivity index (χ0n) is 16.3. The molecule has 1 heterocycles. The number of carbonyl (C=O) groups is 2. The molecule has 2 saturated carbocycles. The second-order valence-electron chi connectivity index (χ2n) is 8.68. The topological polar surface area (TPSA) is 105 Å². The summed E-state index contributed by atoms with van der Waals surface area (Å²) in [6.07, 6.45) is 3.19. The van der Waals surface area contributed by atoms with Crippen LogP contribution in [0.1, 0.15) is 40.0 Å². The SMILES string of the molecule is CC12CCC(C/C1=N/NC(=O)COC(=O)CN1CCS(=O)(=O)CC1)C2(C)C. The minimum Gasteiger partial charge on any atom is -0.455 e. The molecule has 2 atom stereocenters. The number of hydrogen-bond donors (Lipinski definition) is 1. The zero-order valence-corrected chi connectivity index (χ0v) is 17.1. The molecule has 1 aliphatic heterocycles. The summed E-state index contributed by atoms with van der Waals surface area (Å²) in [6.45, 7) is 6.98. The number of sulfone groups is 1. The van der Waals surface area contributed by atoms with Gasteiger partial charge in [0.05, 0.1) is 18.1 Å². The van der Waals surface area contributed by atoms with Crippen LogP contribution in [-0.2, 0) is 24.2 Å². The highest BCUT2D eigenvalue weighted by Gasteiger charge is 2.60. The van der Waals surface area contributed by atoms with Crippen LogP contribution in [0.2, 0.25) is 0 Å². The number of ether oxygens (including phenoxy) is 1. The summed E-state index contributed by atoms with van der Waals surface area (Å²) in [4.78, 5) is 25.5. The van der Waals surface area contributed by atoms with Gasteiger partial charge in [-0.15, -0.1) is 0 Å². The van der Waals surface area contributed by atoms with Crippen molar-refractivity contribution in [1.82, 2.24) is 10.3 Å². The van der Waals surface area contributed by atoms with Crippen LogP contribution in [0.25, 0.3) is 0 Å². The fraction of sp³-hybridized carbons (Fsp3) is 0.833. The quantitative estimate of drug-likeness (QED) is 0.535. The maximum absolute atomic E-state index is 12.0. The van der Waals surface area contributed by atoms with E-state index >= 15 is 0 Å². The number of fused-ring (bicyclic) bond motifs is 2. The standard InChI is InChI=1S/C18H29N3O5S/c1-17(2)13-4-5-18(17,3)14(10-13)19-20-15(22)12-26-16(23)11-21-6-8-27(24,25)9-7-21/h13H,4-12H2,1-3H3,(H,20,22)/b19-14-. The van der Waals surface area contributed by atoms with E-state index < -0.39 is 21.7 Å². The minimum absolute atomic E-state index is 0.00867. The van der Waals surface area contributed by atoms with Crippen molar-refractivity contribution in [2.24, 2.45) is 21.8 Å². The van der Waals surface area contributed by atoms with Crippen LogP contribution < -0.4 is 5.43 Å². The van der Waals surface area contributed by atoms with E-state index in [1.54, 1.807) is 4.90 Å². The van der Waals surface area contributed by atoms with Crippen molar-refractivity contribution in [3.05, 3.63) is 0 Å². The van der Waals surface area contributed by atoms with Crippen molar-refractivity contribution >= 4 is 27.4 Å². The van der Waals surface area contributed by atoms with E-state index in [1.807, 2.05) is 0 Å². The highest BCUT2D eigenvalue weighted by atomic mass is 32.2. The largest absolute Gasteiger partial charge is 0.455 e. The third kappa shape index (κ3) is 4.03. The third-order valence-corrected chi connectivity index (χ3v) is 8.59. The monoisotopic (exact) mass is 399 g/mol. The molecule has 0 aromatic heterocycles. The summed E-state index contributed by atoms with van der Waals surface area (Å²) in [6, 6.07) is 0. The van der Waals surface area contributed by atoms with Crippen LogP contribution in [0.4, 0.5) is 0 Å². The lowest BCUT2D eigenvalue weighted by molar-refractivity contribution is -0.149. The van der Waals surface area contributed by atoms with Gasteiger partial charge in [0.1, 0.15) is 0 Å². The van der Waals surface area contributed by atoms with Crippen LogP contribution in [0, 0.1) is 16.7 Å². The molecule has 2 unspecified atom stereocenters. The maximum atomic E-state index is 12.0. The molecule has 1 amide bonds. The molecule has 3 aliphatic rings. The highest BCUT2D eigenvalue weighted by molar-refractivity contribution is 7.91. The maximum Gasteiger partial charge on any atom is 0.320 e. The zero-order chi connectivity index (χ0) is 19.9. The Morgan fingerprint density at radius 2 is 1.93 bits per heavy atom. The second-order valence-corrected chi connectivity index (χ2v) is 11.0. The first-order valence-corrected chi connectivity index (χ1v) is 11.3. The molecule has 0 aromatic rings. The summed E-state index contributed by atoms with van der Waals surface area (Å²) >= 11 is 0. The van der Waals surface area contributed by atoms with Crippen molar-refractivity contribution in [2.75, 3.05) is 37.7 Å². The molecule has 3 rings (SSSR count). The minimum atomic E-state index is -2.98. The Kier molecular flexibility index (Phi) is 5.37. The summed E-state index contributed by atoms with van der Waals surface area (Å²) in [5.74, 6) is -0.293. The molecule has 0 aromatic carbocycles. The van der Waals surface area contributed by atoms with Gasteiger partial charge in [-0.1, -0.05) is 20.8 Å². The van der Waals surface area contributed by atoms with E-state index in [4.69, 9.17) is 4.74 Å². The van der Waals surface area contributed by atoms with Crippen LogP contribution in [-0.4, -0.2) is 68.7 Å². The van der Waals surface area contributed by atoms with Gasteiger partial charge in [0.2, 0.25) is 0 Å². The van der Waals surface area contributed by atoms with Gasteiger partial charge in [-0.2, -0.15) is 5.10 Å². The highest BCUT2D eigenvalue weighted by Crippen LogP contribution is 2.63. The van der Waals surface area contributed by atoms with Crippen molar-refractivity contribution in [3.8, 4) is 0 Å². The Bertz CT molecular complexity index is 747. The Morgan fingerprint density at radius 1 is 1.26 bits per heavy atom. The van der Waals surface area contributed by atoms with Gasteiger partial charge in [0.15, 0.2) is 16.4 Å². The molecular formula is C18H29N3O5S. The number of nitrogens with one attached hydrogen (secondary N) is 1. The number of hydrazone groups is 1. The van der Waals surface area contributed by atoms with Gasteiger partial charge < -0.3 is 4.74 Å². The lowest BCUT2D eigenvalue weighted by atomic mass is 9.70. The van der Waals surface area contributed by atoms with Crippen molar-refractivity contribution < 1.29 is 22.7 Å². The van der Waals surface area contributed by atoms with E-state index in [1.165, 1.54) is 6.42 Å². The fourth-order valence-corrected chi connectivity index (χ4v) is 5.82. The Balaban J connectivity index is 1.42. The van der Waals surface area contributed by atoms with E-state index in [9.17, 15) is 18.0 Å². The molecule has 2 aliphatic carbocycles. The second kappa shape index (κ2) is 7.16. The van der Waals surface area contributed by atoms with Gasteiger partial charge in [-0.25, -0.2) is 13.8 Å². The van der Waals surface area contributed by atoms with Gasteiger partial charge in [-0.3, -0.25) is 14.5 Å². The van der Waals surface area contributed by atoms with Gasteiger partial charge >= 0.3 is 5.97 Å². The van der Waals surface area contributed by atoms with Crippen molar-refractivity contribution in [2.45, 2.75) is 40.0 Å². The predicted octanol–water partition coefficient (Wildman–Crippen LogP) is 0.578. The Morgan fingerprint density at radius 3 is 2.48 bits per heavy atom. The molecule has 152 valence electrons. The number of esters is 1. The van der Waals surface area contributed by atoms with Crippen molar-refractivity contribution in [1.29, 1.82) is 0 Å². The summed E-state index contributed by atoms with van der Waals surface area (Å²) < 4.78 is 27.8. The molecule has 1 saturated heterocycles. The molecule has 27 heavy (non-hydrogen) atoms. The van der Waals surface area contributed by atoms with Crippen LogP contribution in [0.15, 0.2) is 5.10 Å². The summed E-state index contributed by atoms with van der Waals surface area (Å²) in [5, 5.41) is 4.33. The van der Waals surface area contributed by atoms with E-state index in [0.29, 0.717) is 19.0 Å². The smallest absolute Gasteiger partial charge is 0.320 e. The van der Waals surface area contributed by atoms with Crippen LogP contribution in [0.3, 0.4) is 0 Å². The lowest BCUT2D eigenvalue weighted by Gasteiger charge is -2.34. The summed E-state index contributed by atoms with van der Waals surface area (Å²) in [7, 11) is -2.98. The predicted molar refractivity (Wildman–Crippen MR) is 101 cm³/mol. The molecule has 0 spiro atoms. The number of nitrogens with zero attached hydrogens (tertiary/aromatic N) is 2. The Labute approximate surface area is 160 Å². The molecule has 3 fully saturated rings. The van der Waals surface area contributed by atoms with Crippen molar-refractivity contribution in [3.63, 3.8) is 0 Å². The fourth-order valence-electron chi connectivity index (χ4n) is 4.54. The third-order valence-electron chi connectivity index (χ3n) is 6.98. The van der Waals surface area contributed by atoms with Gasteiger partial charge in [0, 0.05) is 24.2 Å². The van der Waals surface area contributed by atoms with Gasteiger partial charge in [0.25, 0.3) is 5.91 Å². The first-order valence-electron chi connectivity index (χ1n) is 9.48. The normalized spacial score (nSPS) is 33.1. The van der Waals surface area contributed by atoms with E-state index in [2.05, 4.69) is 31.3 Å². The average Bonchev–Trinajstić information content (AvgIpc) is 2.93. The van der Waals surface area contributed by atoms with E-state index in [0.717, 1.165) is 18.6 Å². The molecule has 0 radical (unpaired) electrons. The number of rotatable bonds is 5. The van der Waals surface area contributed by atoms with E-state index in [-0.39, 0.29) is 35.5 Å². The average molecular weight is 400 g/mol. The number of carbonyl (C=O) groups excluding carboxylic acids is 2. The first-order chi connectivity index (χ1) is 12.5. The van der Waals surface area contributed by atoms with Gasteiger partial charge in [-0.05, 0) is 30.6 Å². The Hall–Kier alpha value is -1.48. The van der Waals surface area contributed by atoms with Crippen LogP contribution >= 0.6 is 0 Å². The molecule has 1 N–H and O–H groups in total. The van der Waals surface area contributed by atoms with Crippen LogP contribution in [0.5, 0.6) is 0 Å². The number of amides is 1. The lowest BCUT2D eigenvalue weighted by Crippen LogP contribution is -2.43. The molecule has 8 nitrogen and oxygen atoms in total. The number of hydrogen-bond acceptors (Lipinski definition) is 7.